The van der Waals surface area contributed by atoms with E-state index in [9.17, 15) is 4.79 Å². The summed E-state index contributed by atoms with van der Waals surface area (Å²) in [6, 6.07) is 30.0. The molecule has 0 aromatic carbocycles. The summed E-state index contributed by atoms with van der Waals surface area (Å²) in [5.41, 5.74) is 14.3. The van der Waals surface area contributed by atoms with Crippen LogP contribution in [0.3, 0.4) is 0 Å². The smallest absolute Gasteiger partial charge is 0.257 e. The van der Waals surface area contributed by atoms with Gasteiger partial charge in [0.2, 0.25) is 41.2 Å². The molecular weight excluding hydrogens is 1720 g/mol. The van der Waals surface area contributed by atoms with Gasteiger partial charge >= 0.3 is 0 Å². The Bertz CT molecular complexity index is 4630. The van der Waals surface area contributed by atoms with Gasteiger partial charge in [-0.1, -0.05) is 203 Å². The van der Waals surface area contributed by atoms with Gasteiger partial charge in [-0.15, -0.1) is 0 Å². The lowest BCUT2D eigenvalue weighted by molar-refractivity contribution is 0.319. The molecule has 750 valence electrons. The third-order valence-electron chi connectivity index (χ3n) is 19.5. The number of nitrogens with one attached hydrogen (secondary N) is 1. The van der Waals surface area contributed by atoms with Crippen LogP contribution in [0.2, 0.25) is 0 Å². The topological polar surface area (TPSA) is 319 Å². The molecule has 0 unspecified atom stereocenters. The van der Waals surface area contributed by atoms with Crippen LogP contribution in [-0.2, 0) is 6.42 Å². The Kier molecular flexibility index (Phi) is 64.1. The van der Waals surface area contributed by atoms with Crippen LogP contribution in [0.15, 0.2) is 202 Å². The van der Waals surface area contributed by atoms with Gasteiger partial charge in [0.05, 0.1) is 97.4 Å². The molecule has 0 atom stereocenters. The van der Waals surface area contributed by atoms with E-state index < -0.39 is 0 Å². The van der Waals surface area contributed by atoms with Gasteiger partial charge in [-0.2, -0.15) is 0 Å². The van der Waals surface area contributed by atoms with Crippen molar-refractivity contribution in [2.24, 2.45) is 0 Å². The second-order valence-electron chi connectivity index (χ2n) is 34.1. The number of methoxy groups -OCH3 is 4. The molecule has 0 saturated carbocycles. The van der Waals surface area contributed by atoms with E-state index in [-0.39, 0.29) is 17.4 Å². The molecule has 0 saturated heterocycles. The molecule has 0 fully saturated rings. The van der Waals surface area contributed by atoms with E-state index in [1.165, 1.54) is 59.6 Å². The molecule has 1 N–H and O–H groups in total. The Morgan fingerprint density at radius 2 is 0.686 bits per heavy atom. The molecule has 12 aromatic heterocycles. The van der Waals surface area contributed by atoms with Crippen molar-refractivity contribution in [1.82, 2.24) is 79.7 Å². The van der Waals surface area contributed by atoms with Crippen molar-refractivity contribution in [3.63, 3.8) is 0 Å². The molecule has 12 rings (SSSR count). The van der Waals surface area contributed by atoms with Crippen molar-refractivity contribution < 1.29 is 47.4 Å². The molecule has 0 aliphatic carbocycles. The molecule has 0 spiro atoms. The Balaban J connectivity index is 0.000000748. The highest BCUT2D eigenvalue weighted by Gasteiger charge is 2.18. The van der Waals surface area contributed by atoms with Crippen LogP contribution in [0.1, 0.15) is 358 Å². The number of hydrogen-bond acceptors (Lipinski definition) is 26. The maximum absolute atomic E-state index is 11.3. The van der Waals surface area contributed by atoms with Crippen molar-refractivity contribution in [2.45, 2.75) is 292 Å². The monoisotopic (exact) mass is 1890 g/mol. The number of H-pyrrole nitrogens is 1. The van der Waals surface area contributed by atoms with Crippen molar-refractivity contribution in [2.75, 3.05) is 68.1 Å². The minimum Gasteiger partial charge on any atom is -0.493 e. The highest BCUT2D eigenvalue weighted by atomic mass is 16.5. The largest absolute Gasteiger partial charge is 0.493 e. The van der Waals surface area contributed by atoms with Gasteiger partial charge in [0, 0.05) is 120 Å². The lowest BCUT2D eigenvalue weighted by atomic mass is 10.0. The summed E-state index contributed by atoms with van der Waals surface area (Å²) in [5.74, 6) is 12.5. The summed E-state index contributed by atoms with van der Waals surface area (Å²) >= 11 is 0. The molecule has 12 heterocycles. The molecule has 12 aromatic rings. The van der Waals surface area contributed by atoms with Gasteiger partial charge in [-0.3, -0.25) is 39.7 Å². The highest BCUT2D eigenvalue weighted by molar-refractivity contribution is 5.38. The van der Waals surface area contributed by atoms with E-state index >= 15 is 0 Å². The minimum absolute atomic E-state index is 0.123. The van der Waals surface area contributed by atoms with Gasteiger partial charge in [0.15, 0.2) is 0 Å². The lowest BCUT2D eigenvalue weighted by Gasteiger charge is -2.12. The van der Waals surface area contributed by atoms with Crippen LogP contribution in [0.25, 0.3) is 0 Å². The second kappa shape index (κ2) is 71.8. The number of rotatable bonds is 29. The summed E-state index contributed by atoms with van der Waals surface area (Å²) in [4.78, 5) is 75.2. The molecule has 0 bridgehead atoms. The molecule has 0 aliphatic rings. The molecule has 0 amide bonds. The zero-order valence-corrected chi connectivity index (χ0v) is 89.1. The van der Waals surface area contributed by atoms with E-state index in [0.29, 0.717) is 134 Å². The van der Waals surface area contributed by atoms with Gasteiger partial charge in [-0.05, 0) is 190 Å². The first kappa shape index (κ1) is 122. The number of nitrogens with zero attached hydrogens (tertiary/aromatic N) is 15. The first-order valence-electron chi connectivity index (χ1n) is 47.9. The van der Waals surface area contributed by atoms with Gasteiger partial charge < -0.3 is 52.4 Å². The Labute approximate surface area is 821 Å². The molecule has 137 heavy (non-hydrogen) atoms. The normalized spacial score (nSPS) is 10.3. The van der Waals surface area contributed by atoms with Crippen LogP contribution < -0.4 is 52.9 Å². The average Bonchev–Trinajstić information content (AvgIpc) is 0.853. The van der Waals surface area contributed by atoms with Crippen LogP contribution in [0, 0.1) is 0 Å². The van der Waals surface area contributed by atoms with E-state index in [1.807, 2.05) is 173 Å². The van der Waals surface area contributed by atoms with Gasteiger partial charge in [-0.25, -0.2) is 39.9 Å². The van der Waals surface area contributed by atoms with Crippen LogP contribution in [0.4, 0.5) is 0 Å². The summed E-state index contributed by atoms with van der Waals surface area (Å²) in [6.45, 7) is 68.7. The molecule has 27 nitrogen and oxygen atoms in total. The van der Waals surface area contributed by atoms with E-state index in [1.54, 1.807) is 77.1 Å². The fraction of sp³-hybridized carbons (Fsp3) is 0.491. The first-order chi connectivity index (χ1) is 65.5. The number of aryl methyl sites for hydroxylation is 1. The van der Waals surface area contributed by atoms with E-state index in [0.717, 1.165) is 69.2 Å². The highest BCUT2D eigenvalue weighted by Crippen LogP contribution is 2.33. The fourth-order valence-electron chi connectivity index (χ4n) is 12.4. The summed E-state index contributed by atoms with van der Waals surface area (Å²) in [6.07, 6.45) is 30.4. The number of ether oxygens (including phenoxy) is 10. The maximum atomic E-state index is 11.3. The number of aromatic amines is 1. The van der Waals surface area contributed by atoms with E-state index in [4.69, 9.17) is 47.4 Å². The van der Waals surface area contributed by atoms with Crippen molar-refractivity contribution in [1.29, 1.82) is 0 Å². The third kappa shape index (κ3) is 47.6. The van der Waals surface area contributed by atoms with Crippen LogP contribution in [0.5, 0.6) is 58.4 Å². The Morgan fingerprint density at radius 3 is 1.14 bits per heavy atom. The van der Waals surface area contributed by atoms with Gasteiger partial charge in [0.25, 0.3) is 5.56 Å². The molecule has 27 heteroatoms. The predicted octanol–water partition coefficient (Wildman–Crippen LogP) is 26.3. The summed E-state index contributed by atoms with van der Waals surface area (Å²) < 4.78 is 52.7. The zero-order chi connectivity index (χ0) is 103. The Hall–Kier alpha value is -12.7. The summed E-state index contributed by atoms with van der Waals surface area (Å²) in [5, 5.41) is 0. The standard InChI is InChI=1S/4C10H15NO.C10H15N.C9H14N2O2.2C9H14N2O.C9H13NO.C8H12N2O2.2C8H11N/c1-4-12-10-5-6-11-7-9(10)8(2)3;1-4-12-10-7-11-6-5-9(10)8(2)3;1-4-12-9-6-5-7-11-10(9)8(2)3;1-4-12-10-9(8(2)3)6-5-7-11-10;1-4-10-9(8(2)3)6-5-7-11-10;1-6(2)7-8(12-3)10-5-11-9(7)13-4;1-4-12-9-8(7(2)3)5-10-6-11-9;1-4-12-9-8(7(2)3)10-5-6-11-9;1-7(2)8-5-4-6-10-9(8)11-3;1-5(2)6-7(11)9-4-10-8(6)12-3;1-7(2)8-4-3-5-9-6-8;1-7(2)8-5-3-4-6-9-8/h4*5-8H,4H2,1-3H3;5-8H,4H2,1-3H3;5-6H,1-4H3;2*5-7H,4H2,1-3H3;4-7H,1-3H3;4-5H,1-3H3,(H,9,10,11);2*3-7H,1-2H3. The molecule has 0 aliphatic heterocycles. The Morgan fingerprint density at radius 1 is 0.263 bits per heavy atom. The number of pyridine rings is 8. The lowest BCUT2D eigenvalue weighted by Crippen LogP contribution is -2.15. The molecule has 0 radical (unpaired) electrons. The fourth-order valence-corrected chi connectivity index (χ4v) is 12.4. The second-order valence-corrected chi connectivity index (χ2v) is 34.1. The number of hydrogen-bond donors (Lipinski definition) is 1. The minimum atomic E-state index is -0.128. The first-order valence-corrected chi connectivity index (χ1v) is 47.9. The summed E-state index contributed by atoms with van der Waals surface area (Å²) in [7, 11) is 6.34. The third-order valence-corrected chi connectivity index (χ3v) is 19.5. The van der Waals surface area contributed by atoms with E-state index in [2.05, 4.69) is 243 Å². The number of aromatic nitrogens is 16. The van der Waals surface area contributed by atoms with Crippen LogP contribution in [-0.4, -0.2) is 148 Å². The van der Waals surface area contributed by atoms with Crippen LogP contribution >= 0.6 is 0 Å². The predicted molar refractivity (Wildman–Crippen MR) is 557 cm³/mol. The van der Waals surface area contributed by atoms with Crippen molar-refractivity contribution in [3.8, 4) is 58.4 Å². The maximum Gasteiger partial charge on any atom is 0.257 e. The average molecular weight is 1890 g/mol. The zero-order valence-electron chi connectivity index (χ0n) is 89.1. The van der Waals surface area contributed by atoms with Gasteiger partial charge in [0.1, 0.15) is 35.6 Å². The molecular formula is C110H164N16O11. The SMILES string of the molecule is CC(C)c1ccccn1.CC(C)c1cccnc1.CCOc1cccnc1C(C)C.CCOc1ccncc1C(C)C.CCOc1cnccc1C(C)C.CCOc1ncccc1C(C)C.CCOc1nccnc1C(C)C.CCOc1ncncc1C(C)C.CCc1ncccc1C(C)C.COc1nc[nH]c(=O)c1C(C)C.COc1ncccc1C(C)C.COc1ncnc(OC)c1C(C)C. The van der Waals surface area contributed by atoms with Crippen molar-refractivity contribution in [3.05, 3.63) is 280 Å². The quantitative estimate of drug-likeness (QED) is 0.0455. The van der Waals surface area contributed by atoms with Crippen molar-refractivity contribution >= 4 is 0 Å².